The Bertz CT molecular complexity index is 399. The number of hydrogen-bond donors (Lipinski definition) is 1. The second-order valence-electron chi connectivity index (χ2n) is 2.72. The second-order valence-corrected chi connectivity index (χ2v) is 4.62. The van der Waals surface area contributed by atoms with E-state index in [1.54, 1.807) is 18.6 Å². The van der Waals surface area contributed by atoms with Gasteiger partial charge < -0.3 is 5.73 Å². The lowest BCUT2D eigenvalue weighted by Crippen LogP contribution is -1.91. The van der Waals surface area contributed by atoms with Crippen molar-refractivity contribution in [2.24, 2.45) is 0 Å². The van der Waals surface area contributed by atoms with Crippen molar-refractivity contribution in [3.8, 4) is 0 Å². The van der Waals surface area contributed by atoms with Crippen molar-refractivity contribution >= 4 is 33.4 Å². The van der Waals surface area contributed by atoms with Crippen molar-refractivity contribution in [2.45, 2.75) is 10.2 Å². The molecule has 0 aromatic carbocycles. The second kappa shape index (κ2) is 4.59. The van der Waals surface area contributed by atoms with Gasteiger partial charge in [-0.2, -0.15) is 0 Å². The van der Waals surface area contributed by atoms with Crippen LogP contribution in [0.25, 0.3) is 0 Å². The van der Waals surface area contributed by atoms with Gasteiger partial charge in [0.15, 0.2) is 5.16 Å². The first-order valence-electron chi connectivity index (χ1n) is 4.11. The van der Waals surface area contributed by atoms with Crippen LogP contribution in [0, 0.1) is 0 Å². The number of nitrogens with two attached hydrogens (primary N) is 1. The maximum Gasteiger partial charge on any atom is 0.193 e. The molecular weight excluding hydrogens is 276 g/mol. The van der Waals surface area contributed by atoms with E-state index in [1.165, 1.54) is 11.8 Å². The molecule has 2 aromatic rings. The van der Waals surface area contributed by atoms with Crippen LogP contribution >= 0.6 is 27.7 Å². The Hall–Kier alpha value is -1.14. The highest BCUT2D eigenvalue weighted by atomic mass is 79.9. The van der Waals surface area contributed by atoms with Gasteiger partial charge in [0.25, 0.3) is 0 Å². The van der Waals surface area contributed by atoms with Crippen molar-refractivity contribution in [2.75, 3.05) is 5.73 Å². The highest BCUT2D eigenvalue weighted by molar-refractivity contribution is 9.10. The van der Waals surface area contributed by atoms with Gasteiger partial charge in [0, 0.05) is 10.7 Å². The van der Waals surface area contributed by atoms with E-state index < -0.39 is 0 Å². The molecular formula is C9H7BrN4S. The minimum absolute atomic E-state index is 0.558. The predicted octanol–water partition coefficient (Wildman–Crippen LogP) is 2.37. The zero-order valence-electron chi connectivity index (χ0n) is 7.59. The predicted molar refractivity (Wildman–Crippen MR) is 62.5 cm³/mol. The van der Waals surface area contributed by atoms with E-state index in [9.17, 15) is 0 Å². The Morgan fingerprint density at radius 1 is 1.07 bits per heavy atom. The van der Waals surface area contributed by atoms with E-state index in [4.69, 9.17) is 5.73 Å². The van der Waals surface area contributed by atoms with Gasteiger partial charge in [-0.25, -0.2) is 15.0 Å². The molecule has 0 saturated heterocycles. The van der Waals surface area contributed by atoms with E-state index in [1.807, 2.05) is 12.1 Å². The minimum atomic E-state index is 0.558. The van der Waals surface area contributed by atoms with E-state index in [0.29, 0.717) is 10.8 Å². The molecule has 0 bridgehead atoms. The summed E-state index contributed by atoms with van der Waals surface area (Å²) in [4.78, 5) is 12.3. The van der Waals surface area contributed by atoms with Gasteiger partial charge >= 0.3 is 0 Å². The summed E-state index contributed by atoms with van der Waals surface area (Å²) in [7, 11) is 0. The van der Waals surface area contributed by atoms with Crippen LogP contribution < -0.4 is 5.73 Å². The fourth-order valence-electron chi connectivity index (χ4n) is 0.895. The third-order valence-corrected chi connectivity index (χ3v) is 2.86. The molecule has 2 rings (SSSR count). The van der Waals surface area contributed by atoms with Gasteiger partial charge in [-0.05, 0) is 39.8 Å². The first-order valence-corrected chi connectivity index (χ1v) is 5.72. The van der Waals surface area contributed by atoms with E-state index in [-0.39, 0.29) is 0 Å². The Kier molecular flexibility index (Phi) is 3.17. The summed E-state index contributed by atoms with van der Waals surface area (Å²) >= 11 is 4.72. The van der Waals surface area contributed by atoms with Gasteiger partial charge in [-0.3, -0.25) is 0 Å². The smallest absolute Gasteiger partial charge is 0.193 e. The van der Waals surface area contributed by atoms with Crippen molar-refractivity contribution in [3.05, 3.63) is 35.2 Å². The number of nitrogen functional groups attached to an aromatic ring is 1. The first kappa shape index (κ1) is 10.4. The minimum Gasteiger partial charge on any atom is -0.396 e. The highest BCUT2D eigenvalue weighted by Crippen LogP contribution is 2.23. The summed E-state index contributed by atoms with van der Waals surface area (Å²) in [5.74, 6) is 0. The summed E-state index contributed by atoms with van der Waals surface area (Å²) in [5, 5.41) is 1.49. The Balaban J connectivity index is 2.15. The zero-order valence-corrected chi connectivity index (χ0v) is 9.99. The van der Waals surface area contributed by atoms with Gasteiger partial charge in [0.05, 0.1) is 18.1 Å². The zero-order chi connectivity index (χ0) is 10.7. The van der Waals surface area contributed by atoms with Crippen LogP contribution in [0.5, 0.6) is 0 Å². The third kappa shape index (κ3) is 2.90. The molecule has 2 heterocycles. The molecule has 0 aliphatic carbocycles. The summed E-state index contributed by atoms with van der Waals surface area (Å²) in [6.45, 7) is 0. The number of halogens is 1. The normalized spacial score (nSPS) is 10.2. The molecule has 0 aliphatic rings. The van der Waals surface area contributed by atoms with Crippen molar-refractivity contribution in [3.63, 3.8) is 0 Å². The topological polar surface area (TPSA) is 64.7 Å². The van der Waals surface area contributed by atoms with Crippen LogP contribution in [-0.2, 0) is 0 Å². The lowest BCUT2D eigenvalue weighted by molar-refractivity contribution is 0.964. The summed E-state index contributed by atoms with van der Waals surface area (Å²) in [5.41, 5.74) is 6.04. The SMILES string of the molecule is Nc1cnc(Sc2ccc(Br)cn2)nc1. The fourth-order valence-corrected chi connectivity index (χ4v) is 1.77. The maximum absolute atomic E-state index is 5.48. The number of anilines is 1. The Morgan fingerprint density at radius 2 is 1.80 bits per heavy atom. The molecule has 0 unspecified atom stereocenters. The molecule has 0 spiro atoms. The number of nitrogens with zero attached hydrogens (tertiary/aromatic N) is 3. The molecule has 2 aromatic heterocycles. The Labute approximate surface area is 99.5 Å². The molecule has 76 valence electrons. The van der Waals surface area contributed by atoms with Crippen molar-refractivity contribution in [1.29, 1.82) is 0 Å². The number of hydrogen-bond acceptors (Lipinski definition) is 5. The lowest BCUT2D eigenvalue weighted by Gasteiger charge is -1.99. The maximum atomic E-state index is 5.48. The highest BCUT2D eigenvalue weighted by Gasteiger charge is 2.00. The summed E-state index contributed by atoms with van der Waals surface area (Å²) < 4.78 is 0.949. The van der Waals surface area contributed by atoms with Crippen molar-refractivity contribution < 1.29 is 0 Å². The summed E-state index contributed by atoms with van der Waals surface area (Å²) in [6.07, 6.45) is 4.89. The first-order chi connectivity index (χ1) is 7.24. The molecule has 0 aliphatic heterocycles. The van der Waals surface area contributed by atoms with Crippen LogP contribution in [0.15, 0.2) is 45.4 Å². The van der Waals surface area contributed by atoms with Crippen LogP contribution in [0.4, 0.5) is 5.69 Å². The van der Waals surface area contributed by atoms with Crippen LogP contribution in [0.2, 0.25) is 0 Å². The third-order valence-electron chi connectivity index (χ3n) is 1.54. The molecule has 2 N–H and O–H groups in total. The van der Waals surface area contributed by atoms with Crippen molar-refractivity contribution in [1.82, 2.24) is 15.0 Å². The van der Waals surface area contributed by atoms with Gasteiger partial charge in [-0.1, -0.05) is 0 Å². The molecule has 0 radical (unpaired) electrons. The average Bonchev–Trinajstić information content (AvgIpc) is 2.25. The molecule has 4 nitrogen and oxygen atoms in total. The Morgan fingerprint density at radius 3 is 2.40 bits per heavy atom. The monoisotopic (exact) mass is 282 g/mol. The van der Waals surface area contributed by atoms with Crippen LogP contribution in [0.3, 0.4) is 0 Å². The average molecular weight is 283 g/mol. The van der Waals surface area contributed by atoms with Gasteiger partial charge in [-0.15, -0.1) is 0 Å². The van der Waals surface area contributed by atoms with E-state index in [0.717, 1.165) is 9.50 Å². The number of rotatable bonds is 2. The van der Waals surface area contributed by atoms with Crippen LogP contribution in [0.1, 0.15) is 0 Å². The molecule has 0 fully saturated rings. The van der Waals surface area contributed by atoms with Crippen LogP contribution in [-0.4, -0.2) is 15.0 Å². The van der Waals surface area contributed by atoms with Gasteiger partial charge in [0.2, 0.25) is 0 Å². The molecule has 0 amide bonds. The van der Waals surface area contributed by atoms with Gasteiger partial charge in [0.1, 0.15) is 5.03 Å². The molecule has 15 heavy (non-hydrogen) atoms. The van der Waals surface area contributed by atoms with E-state index in [2.05, 4.69) is 30.9 Å². The molecule has 0 saturated carbocycles. The summed E-state index contributed by atoms with van der Waals surface area (Å²) in [6, 6.07) is 3.82. The number of aromatic nitrogens is 3. The quantitative estimate of drug-likeness (QED) is 0.857. The molecule has 6 heteroatoms. The number of pyridine rings is 1. The lowest BCUT2D eigenvalue weighted by atomic mass is 10.5. The van der Waals surface area contributed by atoms with E-state index >= 15 is 0 Å². The standard InChI is InChI=1S/C9H7BrN4S/c10-6-1-2-8(12-3-6)15-9-13-4-7(11)5-14-9/h1-5H,11H2. The largest absolute Gasteiger partial charge is 0.396 e. The fraction of sp³-hybridized carbons (Fsp3) is 0. The molecule has 0 atom stereocenters.